The van der Waals surface area contributed by atoms with Crippen molar-refractivity contribution in [3.63, 3.8) is 0 Å². The van der Waals surface area contributed by atoms with E-state index in [1.54, 1.807) is 18.3 Å². The molecular weight excluding hydrogens is 434 g/mol. The van der Waals surface area contributed by atoms with Gasteiger partial charge in [-0.05, 0) is 36.2 Å². The van der Waals surface area contributed by atoms with Crippen molar-refractivity contribution >= 4 is 21.8 Å². The fourth-order valence-electron chi connectivity index (χ4n) is 2.93. The summed E-state index contributed by atoms with van der Waals surface area (Å²) in [6, 6.07) is 5.51. The Morgan fingerprint density at radius 1 is 1.19 bits per heavy atom. The van der Waals surface area contributed by atoms with Crippen molar-refractivity contribution in [1.29, 1.82) is 0 Å². The van der Waals surface area contributed by atoms with E-state index in [9.17, 15) is 26.8 Å². The van der Waals surface area contributed by atoms with Crippen LogP contribution in [0.2, 0.25) is 0 Å². The third kappa shape index (κ3) is 5.60. The molecule has 1 atom stereocenters. The first-order valence-corrected chi connectivity index (χ1v) is 10.8. The van der Waals surface area contributed by atoms with Gasteiger partial charge in [-0.15, -0.1) is 0 Å². The van der Waals surface area contributed by atoms with Gasteiger partial charge >= 0.3 is 11.8 Å². The van der Waals surface area contributed by atoms with E-state index in [1.165, 1.54) is 6.20 Å². The first-order valence-electron chi connectivity index (χ1n) is 9.32. The lowest BCUT2D eigenvalue weighted by molar-refractivity contribution is -0.140. The Bertz CT molecular complexity index is 1050. The fourth-order valence-corrected chi connectivity index (χ4v) is 4.57. The molecule has 3 rings (SSSR count). The molecule has 1 aliphatic rings. The van der Waals surface area contributed by atoms with Crippen molar-refractivity contribution in [1.82, 2.24) is 19.9 Å². The number of aromatic nitrogens is 1. The highest BCUT2D eigenvalue weighted by molar-refractivity contribution is 7.89. The molecule has 1 aliphatic heterocycles. The van der Waals surface area contributed by atoms with Gasteiger partial charge in [0.05, 0.1) is 13.2 Å². The predicted molar refractivity (Wildman–Crippen MR) is 104 cm³/mol. The van der Waals surface area contributed by atoms with Gasteiger partial charge in [0.2, 0.25) is 10.0 Å². The number of sulfonamides is 1. The van der Waals surface area contributed by atoms with Gasteiger partial charge in [0.1, 0.15) is 22.8 Å². The molecule has 12 heteroatoms. The Morgan fingerprint density at radius 2 is 1.97 bits per heavy atom. The second-order valence-electron chi connectivity index (χ2n) is 6.62. The van der Waals surface area contributed by atoms with Crippen LogP contribution in [0.3, 0.4) is 0 Å². The lowest BCUT2D eigenvalue weighted by Gasteiger charge is -2.34. The molecule has 1 fully saturated rings. The number of ether oxygens (including phenoxy) is 1. The summed E-state index contributed by atoms with van der Waals surface area (Å²) in [5.74, 6) is -3.94. The van der Waals surface area contributed by atoms with E-state index in [0.29, 0.717) is 18.1 Å². The van der Waals surface area contributed by atoms with Crippen molar-refractivity contribution in [3.05, 3.63) is 59.9 Å². The lowest BCUT2D eigenvalue weighted by atomic mass is 10.3. The molecule has 1 aromatic carbocycles. The summed E-state index contributed by atoms with van der Waals surface area (Å²) in [5, 5.41) is 4.71. The third-order valence-corrected chi connectivity index (χ3v) is 6.36. The molecule has 2 aromatic rings. The van der Waals surface area contributed by atoms with Crippen LogP contribution in [0, 0.1) is 11.6 Å². The number of hydrogen-bond acceptors (Lipinski definition) is 6. The standard InChI is InChI=1S/C19H20F2N4O5S/c20-14-4-5-15(21)16(9-14)31(28,29)25-7-2-8-30-17(25)12-24-19(27)18(26)23-11-13-3-1-6-22-10-13/h1,3-6,9-10,17H,2,7-8,11-12H2,(H,23,26)(H,24,27)/t17-/m0/s1. The Kier molecular flexibility index (Phi) is 7.25. The molecule has 1 aromatic heterocycles. The summed E-state index contributed by atoms with van der Waals surface area (Å²) >= 11 is 0. The Hall–Kier alpha value is -2.96. The highest BCUT2D eigenvalue weighted by Gasteiger charge is 2.36. The van der Waals surface area contributed by atoms with Gasteiger partial charge in [0.15, 0.2) is 0 Å². The minimum Gasteiger partial charge on any atom is -0.360 e. The van der Waals surface area contributed by atoms with Gasteiger partial charge in [-0.25, -0.2) is 17.2 Å². The number of nitrogens with zero attached hydrogens (tertiary/aromatic N) is 2. The van der Waals surface area contributed by atoms with Crippen LogP contribution < -0.4 is 10.6 Å². The summed E-state index contributed by atoms with van der Waals surface area (Å²) in [6.45, 7) is -0.0912. The zero-order chi connectivity index (χ0) is 22.4. The molecule has 0 unspecified atom stereocenters. The average molecular weight is 454 g/mol. The Morgan fingerprint density at radius 3 is 2.71 bits per heavy atom. The SMILES string of the molecule is O=C(NCc1cccnc1)C(=O)NC[C@@H]1OCCCN1S(=O)(=O)c1cc(F)ccc1F. The van der Waals surface area contributed by atoms with Crippen LogP contribution in [0.4, 0.5) is 8.78 Å². The quantitative estimate of drug-likeness (QED) is 0.615. The van der Waals surface area contributed by atoms with Crippen LogP contribution in [-0.2, 0) is 30.9 Å². The first kappa shape index (κ1) is 22.7. The van der Waals surface area contributed by atoms with Crippen LogP contribution >= 0.6 is 0 Å². The van der Waals surface area contributed by atoms with Gasteiger partial charge in [0, 0.05) is 25.5 Å². The molecule has 0 saturated carbocycles. The molecule has 31 heavy (non-hydrogen) atoms. The topological polar surface area (TPSA) is 118 Å². The van der Waals surface area contributed by atoms with Gasteiger partial charge in [-0.3, -0.25) is 14.6 Å². The zero-order valence-electron chi connectivity index (χ0n) is 16.3. The maximum absolute atomic E-state index is 14.1. The molecule has 0 aliphatic carbocycles. The van der Waals surface area contributed by atoms with Crippen LogP contribution in [-0.4, -0.2) is 55.4 Å². The first-order chi connectivity index (χ1) is 14.8. The van der Waals surface area contributed by atoms with Crippen molar-refractivity contribution in [2.45, 2.75) is 24.1 Å². The summed E-state index contributed by atoms with van der Waals surface area (Å²) in [4.78, 5) is 27.1. The molecule has 1 saturated heterocycles. The van der Waals surface area contributed by atoms with E-state index in [0.717, 1.165) is 16.4 Å². The van der Waals surface area contributed by atoms with Crippen LogP contribution in [0.1, 0.15) is 12.0 Å². The lowest BCUT2D eigenvalue weighted by Crippen LogP contribution is -2.53. The van der Waals surface area contributed by atoms with Gasteiger partial charge < -0.3 is 15.4 Å². The van der Waals surface area contributed by atoms with Crippen molar-refractivity contribution in [2.75, 3.05) is 19.7 Å². The van der Waals surface area contributed by atoms with E-state index in [1.807, 2.05) is 0 Å². The molecule has 2 heterocycles. The average Bonchev–Trinajstić information content (AvgIpc) is 2.78. The predicted octanol–water partition coefficient (Wildman–Crippen LogP) is 0.530. The highest BCUT2D eigenvalue weighted by atomic mass is 32.2. The molecule has 0 spiro atoms. The summed E-state index contributed by atoms with van der Waals surface area (Å²) in [6.07, 6.45) is 2.24. The van der Waals surface area contributed by atoms with Crippen LogP contribution in [0.5, 0.6) is 0 Å². The molecule has 2 N–H and O–H groups in total. The Labute approximate surface area is 177 Å². The fraction of sp³-hybridized carbons (Fsp3) is 0.316. The summed E-state index contributed by atoms with van der Waals surface area (Å²) in [5.41, 5.74) is 0.689. The Balaban J connectivity index is 1.63. The maximum atomic E-state index is 14.1. The van der Waals surface area contributed by atoms with Gasteiger partial charge in [-0.2, -0.15) is 4.31 Å². The molecule has 0 radical (unpaired) electrons. The second kappa shape index (κ2) is 9.90. The smallest absolute Gasteiger partial charge is 0.309 e. The summed E-state index contributed by atoms with van der Waals surface area (Å²) < 4.78 is 59.5. The van der Waals surface area contributed by atoms with E-state index in [-0.39, 0.29) is 26.2 Å². The van der Waals surface area contributed by atoms with Gasteiger partial charge in [0.25, 0.3) is 0 Å². The minimum absolute atomic E-state index is 0.0218. The number of carbonyl (C=O) groups is 2. The van der Waals surface area contributed by atoms with Crippen molar-refractivity contribution in [3.8, 4) is 0 Å². The third-order valence-electron chi connectivity index (χ3n) is 4.45. The number of rotatable bonds is 6. The number of amides is 2. The number of pyridine rings is 1. The van der Waals surface area contributed by atoms with Crippen molar-refractivity contribution < 1.29 is 31.5 Å². The number of hydrogen-bond donors (Lipinski definition) is 2. The number of benzene rings is 1. The number of halogens is 2. The molecular formula is C19H20F2N4O5S. The minimum atomic E-state index is -4.44. The monoisotopic (exact) mass is 454 g/mol. The molecule has 9 nitrogen and oxygen atoms in total. The number of nitrogens with one attached hydrogen (secondary N) is 2. The summed E-state index contributed by atoms with van der Waals surface area (Å²) in [7, 11) is -4.44. The van der Waals surface area contributed by atoms with Gasteiger partial charge in [-0.1, -0.05) is 6.07 Å². The highest BCUT2D eigenvalue weighted by Crippen LogP contribution is 2.24. The van der Waals surface area contributed by atoms with Crippen molar-refractivity contribution in [2.24, 2.45) is 0 Å². The van der Waals surface area contributed by atoms with E-state index in [4.69, 9.17) is 4.74 Å². The van der Waals surface area contributed by atoms with E-state index < -0.39 is 44.6 Å². The molecule has 0 bridgehead atoms. The van der Waals surface area contributed by atoms with E-state index >= 15 is 0 Å². The molecule has 166 valence electrons. The maximum Gasteiger partial charge on any atom is 0.309 e. The second-order valence-corrected chi connectivity index (χ2v) is 8.48. The van der Waals surface area contributed by atoms with Crippen LogP contribution in [0.25, 0.3) is 0 Å². The van der Waals surface area contributed by atoms with Crippen LogP contribution in [0.15, 0.2) is 47.6 Å². The number of carbonyl (C=O) groups excluding carboxylic acids is 2. The molecule has 2 amide bonds. The normalized spacial score (nSPS) is 17.2. The van der Waals surface area contributed by atoms with E-state index in [2.05, 4.69) is 15.6 Å². The zero-order valence-corrected chi connectivity index (χ0v) is 17.1. The largest absolute Gasteiger partial charge is 0.360 e.